The predicted octanol–water partition coefficient (Wildman–Crippen LogP) is 7.31. The molecule has 5 aromatic rings. The third kappa shape index (κ3) is 4.06. The van der Waals surface area contributed by atoms with Crippen molar-refractivity contribution in [2.45, 2.75) is 0 Å². The Morgan fingerprint density at radius 1 is 0.774 bits per heavy atom. The van der Waals surface area contributed by atoms with Crippen molar-refractivity contribution in [1.29, 1.82) is 0 Å². The number of nitrogens with zero attached hydrogens (tertiary/aromatic N) is 1. The van der Waals surface area contributed by atoms with E-state index in [4.69, 9.17) is 32.0 Å². The lowest BCUT2D eigenvalue weighted by Crippen LogP contribution is -2.10. The Morgan fingerprint density at radius 2 is 1.48 bits per heavy atom. The Labute approximate surface area is 187 Å². The molecule has 0 atom stereocenters. The van der Waals surface area contributed by atoms with Gasteiger partial charge in [-0.3, -0.25) is 4.79 Å². The number of nitrogens with one attached hydrogen (secondary N) is 1. The third-order valence-electron chi connectivity index (χ3n) is 4.70. The summed E-state index contributed by atoms with van der Waals surface area (Å²) >= 11 is 11.9. The number of furan rings is 1. The fourth-order valence-corrected chi connectivity index (χ4v) is 3.43. The summed E-state index contributed by atoms with van der Waals surface area (Å²) in [5.41, 5.74) is 3.60. The number of hydrogen-bond donors (Lipinski definition) is 1. The first-order chi connectivity index (χ1) is 15.0. The van der Waals surface area contributed by atoms with E-state index in [0.717, 1.165) is 11.1 Å². The van der Waals surface area contributed by atoms with Gasteiger partial charge in [0.25, 0.3) is 5.91 Å². The van der Waals surface area contributed by atoms with E-state index in [1.807, 2.05) is 24.3 Å². The van der Waals surface area contributed by atoms with Gasteiger partial charge in [-0.15, -0.1) is 0 Å². The number of aromatic nitrogens is 1. The second-order valence-electron chi connectivity index (χ2n) is 6.83. The Hall–Kier alpha value is -3.54. The van der Waals surface area contributed by atoms with Crippen LogP contribution in [0.25, 0.3) is 33.9 Å². The van der Waals surface area contributed by atoms with Gasteiger partial charge < -0.3 is 14.2 Å². The van der Waals surface area contributed by atoms with E-state index >= 15 is 0 Å². The van der Waals surface area contributed by atoms with Crippen LogP contribution in [0, 0.1) is 0 Å². The van der Waals surface area contributed by atoms with Gasteiger partial charge in [-0.05, 0) is 78.9 Å². The summed E-state index contributed by atoms with van der Waals surface area (Å²) in [4.78, 5) is 17.0. The number of carbonyl (C=O) groups excluding carboxylic acids is 1. The highest BCUT2D eigenvalue weighted by Crippen LogP contribution is 2.28. The minimum atomic E-state index is -0.343. The van der Waals surface area contributed by atoms with E-state index in [-0.39, 0.29) is 11.7 Å². The molecular weight excluding hydrogens is 435 g/mol. The molecule has 0 saturated heterocycles. The van der Waals surface area contributed by atoms with Crippen LogP contribution in [0.2, 0.25) is 10.0 Å². The maximum atomic E-state index is 12.5. The minimum Gasteiger partial charge on any atom is -0.451 e. The zero-order valence-corrected chi connectivity index (χ0v) is 17.4. The highest BCUT2D eigenvalue weighted by Gasteiger charge is 2.14. The molecule has 0 saturated carbocycles. The zero-order valence-electron chi connectivity index (χ0n) is 15.9. The molecule has 2 aromatic heterocycles. The Balaban J connectivity index is 1.31. The van der Waals surface area contributed by atoms with E-state index in [1.165, 1.54) is 0 Å². The number of amides is 1. The van der Waals surface area contributed by atoms with Crippen LogP contribution in [0.3, 0.4) is 0 Å². The molecule has 0 aliphatic heterocycles. The Bertz CT molecular complexity index is 1390. The second-order valence-corrected chi connectivity index (χ2v) is 7.71. The minimum absolute atomic E-state index is 0.213. The van der Waals surface area contributed by atoms with Crippen molar-refractivity contribution >= 4 is 45.9 Å². The van der Waals surface area contributed by atoms with E-state index in [2.05, 4.69) is 10.3 Å². The van der Waals surface area contributed by atoms with Crippen molar-refractivity contribution in [3.05, 3.63) is 94.7 Å². The number of halogens is 2. The summed E-state index contributed by atoms with van der Waals surface area (Å²) in [5, 5.41) is 4.06. The SMILES string of the molecule is O=C(Nc1ccc(-c2nc3cc(Cl)ccc3o2)cc1)c1ccc(-c2ccc(Cl)cc2)o1. The Kier molecular flexibility index (Phi) is 4.98. The molecule has 152 valence electrons. The summed E-state index contributed by atoms with van der Waals surface area (Å²) in [6.45, 7) is 0. The maximum Gasteiger partial charge on any atom is 0.291 e. The molecule has 0 aliphatic carbocycles. The molecule has 3 aromatic carbocycles. The molecule has 0 radical (unpaired) electrons. The summed E-state index contributed by atoms with van der Waals surface area (Å²) < 4.78 is 11.5. The molecule has 0 aliphatic rings. The first kappa shape index (κ1) is 19.4. The molecule has 0 fully saturated rings. The van der Waals surface area contributed by atoms with Crippen LogP contribution in [0.1, 0.15) is 10.6 Å². The van der Waals surface area contributed by atoms with Crippen LogP contribution in [-0.4, -0.2) is 10.9 Å². The average molecular weight is 449 g/mol. The predicted molar refractivity (Wildman–Crippen MR) is 122 cm³/mol. The summed E-state index contributed by atoms with van der Waals surface area (Å²) in [7, 11) is 0. The third-order valence-corrected chi connectivity index (χ3v) is 5.18. The lowest BCUT2D eigenvalue weighted by molar-refractivity contribution is 0.0997. The van der Waals surface area contributed by atoms with Crippen LogP contribution in [0.4, 0.5) is 5.69 Å². The standard InChI is InChI=1S/C24H14Cl2N2O3/c25-16-5-1-14(2-6-16)20-11-12-22(30-20)23(29)27-18-8-3-15(4-9-18)24-28-19-13-17(26)7-10-21(19)31-24/h1-13H,(H,27,29). The second kappa shape index (κ2) is 7.95. The van der Waals surface area contributed by atoms with Gasteiger partial charge in [-0.25, -0.2) is 4.98 Å². The van der Waals surface area contributed by atoms with Crippen molar-refractivity contribution in [3.63, 3.8) is 0 Å². The maximum absolute atomic E-state index is 12.5. The van der Waals surface area contributed by atoms with E-state index in [1.54, 1.807) is 54.6 Å². The molecule has 0 spiro atoms. The molecule has 0 bridgehead atoms. The molecule has 5 nitrogen and oxygen atoms in total. The lowest BCUT2D eigenvalue weighted by Gasteiger charge is -2.04. The Morgan fingerprint density at radius 3 is 2.26 bits per heavy atom. The van der Waals surface area contributed by atoms with Crippen LogP contribution in [0.15, 0.2) is 87.7 Å². The first-order valence-electron chi connectivity index (χ1n) is 9.39. The molecule has 1 amide bonds. The monoisotopic (exact) mass is 448 g/mol. The quantitative estimate of drug-likeness (QED) is 0.312. The van der Waals surface area contributed by atoms with Gasteiger partial charge in [0.15, 0.2) is 11.3 Å². The highest BCUT2D eigenvalue weighted by atomic mass is 35.5. The van der Waals surface area contributed by atoms with E-state index in [9.17, 15) is 4.79 Å². The topological polar surface area (TPSA) is 68.3 Å². The summed E-state index contributed by atoms with van der Waals surface area (Å²) in [5.74, 6) is 0.941. The number of benzene rings is 3. The van der Waals surface area contributed by atoms with Crippen LogP contribution < -0.4 is 5.32 Å². The molecule has 0 unspecified atom stereocenters. The highest BCUT2D eigenvalue weighted by molar-refractivity contribution is 6.31. The largest absolute Gasteiger partial charge is 0.451 e. The number of carbonyl (C=O) groups is 1. The van der Waals surface area contributed by atoms with Gasteiger partial charge in [-0.2, -0.15) is 0 Å². The number of anilines is 1. The van der Waals surface area contributed by atoms with Gasteiger partial charge in [-0.1, -0.05) is 23.2 Å². The molecule has 5 rings (SSSR count). The van der Waals surface area contributed by atoms with Crippen molar-refractivity contribution in [1.82, 2.24) is 4.98 Å². The van der Waals surface area contributed by atoms with Crippen molar-refractivity contribution < 1.29 is 13.6 Å². The average Bonchev–Trinajstić information content (AvgIpc) is 3.42. The molecule has 1 N–H and O–H groups in total. The number of rotatable bonds is 4. The number of fused-ring (bicyclic) bond motifs is 1. The van der Waals surface area contributed by atoms with Crippen LogP contribution in [0.5, 0.6) is 0 Å². The first-order valence-corrected chi connectivity index (χ1v) is 10.1. The van der Waals surface area contributed by atoms with Crippen molar-refractivity contribution in [2.75, 3.05) is 5.32 Å². The number of oxazole rings is 1. The van der Waals surface area contributed by atoms with Gasteiger partial charge in [0.2, 0.25) is 5.89 Å². The van der Waals surface area contributed by atoms with Crippen LogP contribution >= 0.6 is 23.2 Å². The summed E-state index contributed by atoms with van der Waals surface area (Å²) in [6, 6.07) is 23.1. The van der Waals surface area contributed by atoms with Crippen LogP contribution in [-0.2, 0) is 0 Å². The molecule has 2 heterocycles. The van der Waals surface area contributed by atoms with E-state index in [0.29, 0.717) is 38.5 Å². The normalized spacial score (nSPS) is 11.0. The fourth-order valence-electron chi connectivity index (χ4n) is 3.14. The van der Waals surface area contributed by atoms with E-state index < -0.39 is 0 Å². The lowest BCUT2D eigenvalue weighted by atomic mass is 10.2. The van der Waals surface area contributed by atoms with Gasteiger partial charge in [0.05, 0.1) is 0 Å². The smallest absolute Gasteiger partial charge is 0.291 e. The van der Waals surface area contributed by atoms with Gasteiger partial charge in [0.1, 0.15) is 11.3 Å². The number of hydrogen-bond acceptors (Lipinski definition) is 4. The molecular formula is C24H14Cl2N2O3. The van der Waals surface area contributed by atoms with Gasteiger partial charge >= 0.3 is 0 Å². The zero-order chi connectivity index (χ0) is 21.4. The molecule has 7 heteroatoms. The summed E-state index contributed by atoms with van der Waals surface area (Å²) in [6.07, 6.45) is 0. The fraction of sp³-hybridized carbons (Fsp3) is 0. The van der Waals surface area contributed by atoms with Gasteiger partial charge in [0, 0.05) is 26.9 Å². The van der Waals surface area contributed by atoms with Crippen molar-refractivity contribution in [3.8, 4) is 22.8 Å². The molecule has 31 heavy (non-hydrogen) atoms. The van der Waals surface area contributed by atoms with Crippen molar-refractivity contribution in [2.24, 2.45) is 0 Å².